The Morgan fingerprint density at radius 1 is 0.952 bits per heavy atom. The first-order valence-electron chi connectivity index (χ1n) is 8.23. The molecule has 2 heteroatoms. The van der Waals surface area contributed by atoms with Crippen molar-refractivity contribution in [1.82, 2.24) is 4.98 Å². The average Bonchev–Trinajstić information content (AvgIpc) is 2.43. The van der Waals surface area contributed by atoms with Crippen molar-refractivity contribution in [2.45, 2.75) is 77.4 Å². The van der Waals surface area contributed by atoms with Gasteiger partial charge in [0.1, 0.15) is 8.07 Å². The third kappa shape index (κ3) is 4.20. The molecule has 0 aliphatic carbocycles. The summed E-state index contributed by atoms with van der Waals surface area (Å²) in [5, 5.41) is 0. The summed E-state index contributed by atoms with van der Waals surface area (Å²) < 4.78 is 0. The summed E-state index contributed by atoms with van der Waals surface area (Å²) in [4.78, 5) is 4.44. The van der Waals surface area contributed by atoms with Gasteiger partial charge in [-0.15, -0.1) is 11.5 Å². The van der Waals surface area contributed by atoms with E-state index < -0.39 is 8.07 Å². The molecule has 21 heavy (non-hydrogen) atoms. The molecule has 1 atom stereocenters. The minimum Gasteiger partial charge on any atom is -0.261 e. The number of aromatic nitrogens is 1. The summed E-state index contributed by atoms with van der Waals surface area (Å²) in [5.41, 5.74) is 7.06. The normalized spacial score (nSPS) is 13.4. The van der Waals surface area contributed by atoms with Gasteiger partial charge in [0.05, 0.1) is 0 Å². The molecule has 0 saturated carbocycles. The van der Waals surface area contributed by atoms with E-state index in [4.69, 9.17) is 0 Å². The molecule has 116 valence electrons. The Bertz CT molecular complexity index is 458. The van der Waals surface area contributed by atoms with Crippen LogP contribution in [0, 0.1) is 11.5 Å². The van der Waals surface area contributed by atoms with Gasteiger partial charge in [0.15, 0.2) is 0 Å². The summed E-state index contributed by atoms with van der Waals surface area (Å²) in [6.45, 7) is 16.4. The molecule has 0 radical (unpaired) electrons. The van der Waals surface area contributed by atoms with Crippen molar-refractivity contribution in [3.8, 4) is 11.5 Å². The lowest BCUT2D eigenvalue weighted by Crippen LogP contribution is -2.43. The molecule has 1 heterocycles. The van der Waals surface area contributed by atoms with Crippen molar-refractivity contribution in [3.63, 3.8) is 0 Å². The van der Waals surface area contributed by atoms with Crippen LogP contribution in [0.1, 0.15) is 66.5 Å². The standard InChI is InChI=1S/C19H31NSi/c1-15(2)21(16(3)4,17(5)6)14-10-11-18(7)19-12-8-9-13-20-19/h8-9,12-13,15-18H,11H2,1-7H3. The van der Waals surface area contributed by atoms with Gasteiger partial charge in [-0.05, 0) is 28.8 Å². The second-order valence-electron chi connectivity index (χ2n) is 7.06. The lowest BCUT2D eigenvalue weighted by Gasteiger charge is -2.38. The number of hydrogen-bond donors (Lipinski definition) is 0. The van der Waals surface area contributed by atoms with Crippen LogP contribution in [0.2, 0.25) is 16.6 Å². The highest BCUT2D eigenvalue weighted by atomic mass is 28.3. The zero-order valence-corrected chi connectivity index (χ0v) is 15.8. The summed E-state index contributed by atoms with van der Waals surface area (Å²) in [5.74, 6) is 3.95. The summed E-state index contributed by atoms with van der Waals surface area (Å²) in [6.07, 6.45) is 2.78. The highest BCUT2D eigenvalue weighted by molar-refractivity contribution is 6.90. The van der Waals surface area contributed by atoms with Gasteiger partial charge in [0, 0.05) is 24.2 Å². The summed E-state index contributed by atoms with van der Waals surface area (Å²) in [6, 6.07) is 6.13. The fraction of sp³-hybridized carbons (Fsp3) is 0.632. The lowest BCUT2D eigenvalue weighted by molar-refractivity contribution is 0.762. The van der Waals surface area contributed by atoms with Crippen LogP contribution >= 0.6 is 0 Å². The molecule has 1 unspecified atom stereocenters. The Morgan fingerprint density at radius 2 is 1.52 bits per heavy atom. The van der Waals surface area contributed by atoms with Crippen LogP contribution in [0.5, 0.6) is 0 Å². The van der Waals surface area contributed by atoms with Crippen molar-refractivity contribution in [2.24, 2.45) is 0 Å². The van der Waals surface area contributed by atoms with E-state index in [0.29, 0.717) is 22.5 Å². The van der Waals surface area contributed by atoms with E-state index in [1.54, 1.807) is 0 Å². The van der Waals surface area contributed by atoms with E-state index in [9.17, 15) is 0 Å². The first-order chi connectivity index (χ1) is 9.82. The van der Waals surface area contributed by atoms with Gasteiger partial charge in [0.25, 0.3) is 0 Å². The molecule has 0 aliphatic rings. The maximum absolute atomic E-state index is 4.44. The Balaban J connectivity index is 2.92. The van der Waals surface area contributed by atoms with Crippen LogP contribution in [0.25, 0.3) is 0 Å². The quantitative estimate of drug-likeness (QED) is 0.495. The molecule has 0 amide bonds. The number of hydrogen-bond acceptors (Lipinski definition) is 1. The fourth-order valence-corrected chi connectivity index (χ4v) is 8.84. The number of nitrogens with zero attached hydrogens (tertiary/aromatic N) is 1. The minimum absolute atomic E-state index is 0.414. The summed E-state index contributed by atoms with van der Waals surface area (Å²) in [7, 11) is -1.58. The molecule has 1 rings (SSSR count). The fourth-order valence-electron chi connectivity index (χ4n) is 3.56. The van der Waals surface area contributed by atoms with Crippen molar-refractivity contribution in [3.05, 3.63) is 30.1 Å². The topological polar surface area (TPSA) is 12.9 Å². The number of rotatable bonds is 5. The van der Waals surface area contributed by atoms with Crippen LogP contribution in [-0.2, 0) is 0 Å². The zero-order valence-electron chi connectivity index (χ0n) is 14.8. The SMILES string of the molecule is CC(CC#C[Si](C(C)C)(C(C)C)C(C)C)c1ccccn1. The third-order valence-corrected chi connectivity index (χ3v) is 11.1. The highest BCUT2D eigenvalue weighted by Crippen LogP contribution is 2.40. The van der Waals surface area contributed by atoms with Gasteiger partial charge in [-0.1, -0.05) is 54.5 Å². The van der Waals surface area contributed by atoms with Crippen molar-refractivity contribution in [1.29, 1.82) is 0 Å². The van der Waals surface area contributed by atoms with Crippen LogP contribution in [-0.4, -0.2) is 13.1 Å². The molecule has 0 aliphatic heterocycles. The predicted octanol–water partition coefficient (Wildman–Crippen LogP) is 5.80. The van der Waals surface area contributed by atoms with Crippen molar-refractivity contribution >= 4 is 8.07 Å². The van der Waals surface area contributed by atoms with Crippen LogP contribution in [0.4, 0.5) is 0 Å². The Kier molecular flexibility index (Phi) is 6.68. The maximum Gasteiger partial charge on any atom is 0.145 e. The molecular weight excluding hydrogens is 270 g/mol. The van der Waals surface area contributed by atoms with E-state index in [1.807, 2.05) is 12.3 Å². The second-order valence-corrected chi connectivity index (χ2v) is 12.6. The van der Waals surface area contributed by atoms with Crippen molar-refractivity contribution < 1.29 is 0 Å². The smallest absolute Gasteiger partial charge is 0.145 e. The molecule has 0 N–H and O–H groups in total. The Morgan fingerprint density at radius 3 is 1.95 bits per heavy atom. The minimum atomic E-state index is -1.58. The predicted molar refractivity (Wildman–Crippen MR) is 96.1 cm³/mol. The number of pyridine rings is 1. The molecule has 0 spiro atoms. The van der Waals surface area contributed by atoms with E-state index in [2.05, 4.69) is 77.0 Å². The van der Waals surface area contributed by atoms with E-state index in [-0.39, 0.29) is 0 Å². The molecule has 0 bridgehead atoms. The highest BCUT2D eigenvalue weighted by Gasteiger charge is 2.41. The van der Waals surface area contributed by atoms with E-state index >= 15 is 0 Å². The molecule has 1 aromatic rings. The first kappa shape index (κ1) is 18.0. The lowest BCUT2D eigenvalue weighted by atomic mass is 10.0. The van der Waals surface area contributed by atoms with Crippen LogP contribution in [0.3, 0.4) is 0 Å². The largest absolute Gasteiger partial charge is 0.261 e. The van der Waals surface area contributed by atoms with E-state index in [1.165, 1.54) is 0 Å². The van der Waals surface area contributed by atoms with Crippen molar-refractivity contribution in [2.75, 3.05) is 0 Å². The Labute approximate surface area is 132 Å². The van der Waals surface area contributed by atoms with Gasteiger partial charge in [-0.3, -0.25) is 4.98 Å². The van der Waals surface area contributed by atoms with Crippen LogP contribution in [0.15, 0.2) is 24.4 Å². The third-order valence-electron chi connectivity index (χ3n) is 4.77. The molecule has 1 aromatic heterocycles. The molecule has 1 nitrogen and oxygen atoms in total. The van der Waals surface area contributed by atoms with Gasteiger partial charge >= 0.3 is 0 Å². The molecule has 0 fully saturated rings. The van der Waals surface area contributed by atoms with E-state index in [0.717, 1.165) is 12.1 Å². The van der Waals surface area contributed by atoms with Gasteiger partial charge in [-0.2, -0.15) is 0 Å². The molecule has 0 saturated heterocycles. The zero-order chi connectivity index (χ0) is 16.0. The van der Waals surface area contributed by atoms with Gasteiger partial charge in [-0.25, -0.2) is 0 Å². The molecular formula is C19H31NSi. The van der Waals surface area contributed by atoms with Gasteiger partial charge in [0.2, 0.25) is 0 Å². The first-order valence-corrected chi connectivity index (χ1v) is 10.5. The Hall–Kier alpha value is -1.07. The molecule has 0 aromatic carbocycles. The average molecular weight is 302 g/mol. The monoisotopic (exact) mass is 301 g/mol. The van der Waals surface area contributed by atoms with Gasteiger partial charge < -0.3 is 0 Å². The van der Waals surface area contributed by atoms with Crippen LogP contribution < -0.4 is 0 Å². The maximum atomic E-state index is 4.44. The second kappa shape index (κ2) is 7.80. The summed E-state index contributed by atoms with van der Waals surface area (Å²) >= 11 is 0.